The normalized spacial score (nSPS) is 10.8. The van der Waals surface area contributed by atoms with E-state index in [0.29, 0.717) is 0 Å². The molecule has 0 saturated heterocycles. The van der Waals surface area contributed by atoms with Crippen LogP contribution in [0.2, 0.25) is 0 Å². The van der Waals surface area contributed by atoms with Gasteiger partial charge in [-0.05, 0) is 106 Å². The van der Waals surface area contributed by atoms with Crippen molar-refractivity contribution < 1.29 is 0 Å². The SMILES string of the molecule is CC.CCC.Cc1ccccc1.Cc1ccccc1-c1ccc(-c2ccc3c(c2)-c2cc(-c4cccc(-c5ccccc5)c4)ccc2B3c2ccccc2)cc1C. The van der Waals surface area contributed by atoms with Crippen LogP contribution in [0.1, 0.15) is 50.8 Å². The summed E-state index contributed by atoms with van der Waals surface area (Å²) < 4.78 is 0. The molecule has 9 rings (SSSR count). The van der Waals surface area contributed by atoms with Gasteiger partial charge in [-0.25, -0.2) is 0 Å². The lowest BCUT2D eigenvalue weighted by Crippen LogP contribution is -2.48. The second kappa shape index (κ2) is 19.6. The van der Waals surface area contributed by atoms with Gasteiger partial charge in [0.1, 0.15) is 0 Å². The van der Waals surface area contributed by atoms with Crippen molar-refractivity contribution in [1.29, 1.82) is 0 Å². The van der Waals surface area contributed by atoms with E-state index in [2.05, 4.69) is 211 Å². The van der Waals surface area contributed by atoms with Crippen LogP contribution in [0, 0.1) is 20.8 Å². The van der Waals surface area contributed by atoms with Crippen LogP contribution in [0.15, 0.2) is 194 Å². The van der Waals surface area contributed by atoms with E-state index in [1.807, 2.05) is 32.0 Å². The van der Waals surface area contributed by atoms with Crippen molar-refractivity contribution >= 4 is 23.1 Å². The molecule has 0 aromatic heterocycles. The summed E-state index contributed by atoms with van der Waals surface area (Å²) in [6, 6.07) is 70.5. The number of aryl methyl sites for hydroxylation is 3. The molecule has 0 saturated carbocycles. The highest BCUT2D eigenvalue weighted by Crippen LogP contribution is 2.35. The van der Waals surface area contributed by atoms with E-state index >= 15 is 0 Å². The molecule has 1 aliphatic rings. The zero-order valence-electron chi connectivity index (χ0n) is 34.8. The maximum absolute atomic E-state index is 2.42. The molecule has 1 heterocycles. The molecular formula is C56H55B. The first-order valence-electron chi connectivity index (χ1n) is 20.6. The molecule has 0 nitrogen and oxygen atoms in total. The minimum Gasteiger partial charge on any atom is -0.0686 e. The molecule has 57 heavy (non-hydrogen) atoms. The molecule has 0 fully saturated rings. The van der Waals surface area contributed by atoms with Crippen molar-refractivity contribution in [2.75, 3.05) is 0 Å². The highest BCUT2D eigenvalue weighted by atomic mass is 14.2. The van der Waals surface area contributed by atoms with Crippen molar-refractivity contribution in [3.05, 3.63) is 211 Å². The van der Waals surface area contributed by atoms with Crippen LogP contribution < -0.4 is 16.4 Å². The van der Waals surface area contributed by atoms with Gasteiger partial charge in [-0.1, -0.05) is 232 Å². The largest absolute Gasteiger partial charge is 0.242 e. The Morgan fingerprint density at radius 1 is 0.333 bits per heavy atom. The van der Waals surface area contributed by atoms with E-state index in [9.17, 15) is 0 Å². The third kappa shape index (κ3) is 9.45. The number of hydrogen-bond donors (Lipinski definition) is 0. The Labute approximate surface area is 343 Å². The molecule has 0 atom stereocenters. The van der Waals surface area contributed by atoms with Crippen molar-refractivity contribution in [3.8, 4) is 55.6 Å². The van der Waals surface area contributed by atoms with E-state index in [-0.39, 0.29) is 6.71 Å². The van der Waals surface area contributed by atoms with Gasteiger partial charge in [0.15, 0.2) is 0 Å². The van der Waals surface area contributed by atoms with Gasteiger partial charge in [0, 0.05) is 0 Å². The van der Waals surface area contributed by atoms with Gasteiger partial charge in [0.25, 0.3) is 0 Å². The second-order valence-electron chi connectivity index (χ2n) is 14.6. The number of benzene rings is 8. The van der Waals surface area contributed by atoms with Gasteiger partial charge in [-0.3, -0.25) is 0 Å². The van der Waals surface area contributed by atoms with Crippen molar-refractivity contribution in [2.45, 2.75) is 54.9 Å². The van der Waals surface area contributed by atoms with Gasteiger partial charge in [-0.15, -0.1) is 0 Å². The molecule has 0 unspecified atom stereocenters. The number of rotatable bonds is 5. The predicted octanol–water partition coefficient (Wildman–Crippen LogP) is 13.9. The fourth-order valence-corrected chi connectivity index (χ4v) is 7.68. The Morgan fingerprint density at radius 2 is 0.754 bits per heavy atom. The van der Waals surface area contributed by atoms with Crippen LogP contribution in [0.4, 0.5) is 0 Å². The van der Waals surface area contributed by atoms with Gasteiger partial charge in [0.05, 0.1) is 0 Å². The van der Waals surface area contributed by atoms with Crippen LogP contribution in [0.3, 0.4) is 0 Å². The number of hydrogen-bond acceptors (Lipinski definition) is 0. The maximum Gasteiger partial charge on any atom is 0.242 e. The predicted molar refractivity (Wildman–Crippen MR) is 253 cm³/mol. The Hall–Kier alpha value is -6.18. The quantitative estimate of drug-likeness (QED) is 0.154. The Bertz CT molecular complexity index is 2500. The fourth-order valence-electron chi connectivity index (χ4n) is 7.68. The summed E-state index contributed by atoms with van der Waals surface area (Å²) in [7, 11) is 0. The first-order chi connectivity index (χ1) is 27.9. The smallest absolute Gasteiger partial charge is 0.0686 e. The second-order valence-corrected chi connectivity index (χ2v) is 14.6. The summed E-state index contributed by atoms with van der Waals surface area (Å²) in [5, 5.41) is 0. The molecule has 282 valence electrons. The molecule has 0 spiro atoms. The van der Waals surface area contributed by atoms with Crippen molar-refractivity contribution in [1.82, 2.24) is 0 Å². The standard InChI is InChI=1S/C44H33B.C7H8.C3H8.C2H6/c1-30-12-9-10-19-39(30)40-23-20-35(26-31(40)2)37-22-25-44-42(29-37)41-28-36(21-24-43(41)45(44)38-17-7-4-8-18-38)34-16-11-15-33(27-34)32-13-5-3-6-14-32;1-7-5-3-2-4-6-7;1-3-2;1-2/h3-29H,1-2H3;2-6H,1H3;3H2,1-2H3;1-2H3. The van der Waals surface area contributed by atoms with Gasteiger partial charge >= 0.3 is 0 Å². The molecular weight excluding hydrogens is 683 g/mol. The molecule has 0 bridgehead atoms. The molecule has 0 N–H and O–H groups in total. The molecule has 0 aliphatic carbocycles. The van der Waals surface area contributed by atoms with Crippen LogP contribution >= 0.6 is 0 Å². The highest BCUT2D eigenvalue weighted by molar-refractivity contribution is 6.99. The van der Waals surface area contributed by atoms with Crippen molar-refractivity contribution in [2.24, 2.45) is 0 Å². The Morgan fingerprint density at radius 3 is 1.28 bits per heavy atom. The number of fused-ring (bicyclic) bond motifs is 3. The molecule has 1 aliphatic heterocycles. The molecule has 8 aromatic carbocycles. The zero-order valence-corrected chi connectivity index (χ0v) is 34.8. The highest BCUT2D eigenvalue weighted by Gasteiger charge is 2.33. The third-order valence-corrected chi connectivity index (χ3v) is 10.4. The summed E-state index contributed by atoms with van der Waals surface area (Å²) in [5.41, 5.74) is 20.8. The first-order valence-corrected chi connectivity index (χ1v) is 20.6. The summed E-state index contributed by atoms with van der Waals surface area (Å²) in [6.45, 7) is 15.0. The summed E-state index contributed by atoms with van der Waals surface area (Å²) in [5.74, 6) is 0. The fraction of sp³-hybridized carbons (Fsp3) is 0.143. The molecule has 1 heteroatoms. The molecule has 0 amide bonds. The van der Waals surface area contributed by atoms with Crippen LogP contribution in [0.5, 0.6) is 0 Å². The minimum absolute atomic E-state index is 0.222. The average Bonchev–Trinajstić information content (AvgIpc) is 3.59. The molecule has 0 radical (unpaired) electrons. The van der Waals surface area contributed by atoms with E-state index < -0.39 is 0 Å². The Balaban J connectivity index is 0.000000401. The van der Waals surface area contributed by atoms with Gasteiger partial charge in [-0.2, -0.15) is 0 Å². The monoisotopic (exact) mass is 738 g/mol. The summed E-state index contributed by atoms with van der Waals surface area (Å²) in [4.78, 5) is 0. The lowest BCUT2D eigenvalue weighted by Gasteiger charge is -2.13. The Kier molecular flexibility index (Phi) is 13.9. The van der Waals surface area contributed by atoms with E-state index in [0.717, 1.165) is 0 Å². The molecule has 8 aromatic rings. The van der Waals surface area contributed by atoms with E-state index in [4.69, 9.17) is 0 Å². The van der Waals surface area contributed by atoms with Crippen LogP contribution in [-0.4, -0.2) is 6.71 Å². The van der Waals surface area contributed by atoms with E-state index in [1.54, 1.807) is 0 Å². The lowest BCUT2D eigenvalue weighted by atomic mass is 9.39. The minimum atomic E-state index is 0.222. The average molecular weight is 739 g/mol. The maximum atomic E-state index is 2.42. The van der Waals surface area contributed by atoms with E-state index in [1.165, 1.54) is 95.1 Å². The first kappa shape index (κ1) is 40.5. The summed E-state index contributed by atoms with van der Waals surface area (Å²) in [6.07, 6.45) is 1.25. The summed E-state index contributed by atoms with van der Waals surface area (Å²) >= 11 is 0. The lowest BCUT2D eigenvalue weighted by molar-refractivity contribution is 1.09. The zero-order chi connectivity index (χ0) is 40.1. The van der Waals surface area contributed by atoms with Crippen LogP contribution in [-0.2, 0) is 0 Å². The topological polar surface area (TPSA) is 0 Å². The van der Waals surface area contributed by atoms with Gasteiger partial charge < -0.3 is 0 Å². The third-order valence-electron chi connectivity index (χ3n) is 10.4. The van der Waals surface area contributed by atoms with Crippen molar-refractivity contribution in [3.63, 3.8) is 0 Å². The van der Waals surface area contributed by atoms with Gasteiger partial charge in [0.2, 0.25) is 6.71 Å². The van der Waals surface area contributed by atoms with Crippen LogP contribution in [0.25, 0.3) is 55.6 Å².